The maximum atomic E-state index is 12.6. The van der Waals surface area contributed by atoms with Crippen molar-refractivity contribution in [3.05, 3.63) is 59.3 Å². The lowest BCUT2D eigenvalue weighted by Crippen LogP contribution is -2.18. The number of hydrogen-bond donors (Lipinski definition) is 2. The van der Waals surface area contributed by atoms with Crippen molar-refractivity contribution in [2.24, 2.45) is 0 Å². The van der Waals surface area contributed by atoms with Crippen LogP contribution in [0.15, 0.2) is 43.1 Å². The average Bonchev–Trinajstić information content (AvgIpc) is 3.25. The van der Waals surface area contributed by atoms with Crippen molar-refractivity contribution >= 4 is 40.8 Å². The summed E-state index contributed by atoms with van der Waals surface area (Å²) in [5, 5.41) is 5.42. The molecule has 2 N–H and O–H groups in total. The lowest BCUT2D eigenvalue weighted by atomic mass is 10.00. The molecule has 9 nitrogen and oxygen atoms in total. The highest BCUT2D eigenvalue weighted by Gasteiger charge is 2.18. The van der Waals surface area contributed by atoms with Crippen LogP contribution in [0, 0.1) is 0 Å². The van der Waals surface area contributed by atoms with Gasteiger partial charge < -0.3 is 5.32 Å². The van der Waals surface area contributed by atoms with Crippen LogP contribution in [0.25, 0.3) is 17.3 Å². The van der Waals surface area contributed by atoms with Gasteiger partial charge in [0.1, 0.15) is 0 Å². The monoisotopic (exact) mass is 436 g/mol. The van der Waals surface area contributed by atoms with Gasteiger partial charge in [-0.1, -0.05) is 6.92 Å². The number of aryl methyl sites for hydroxylation is 1. The first-order valence-electron chi connectivity index (χ1n) is 9.45. The van der Waals surface area contributed by atoms with Crippen molar-refractivity contribution in [3.63, 3.8) is 0 Å². The standard InChI is InChI=1S/C21H20N6O3S/c1-3-17-10-25-21(31-17)27-20(30)13(2)14-6-15(8-22-7-14)18-11-23-16(9-24-18)4-5-19(29)26-12-28/h4-13H,3H2,1-2H3,(H,25,27,30)(H,26,28,29). The number of carbonyl (C=O) groups is 3. The van der Waals surface area contributed by atoms with Crippen molar-refractivity contribution in [2.75, 3.05) is 5.32 Å². The van der Waals surface area contributed by atoms with Crippen molar-refractivity contribution in [1.82, 2.24) is 25.3 Å². The fourth-order valence-electron chi connectivity index (χ4n) is 2.57. The zero-order valence-electron chi connectivity index (χ0n) is 16.9. The molecule has 3 aromatic rings. The molecule has 3 amide bonds. The van der Waals surface area contributed by atoms with Crippen LogP contribution in [-0.2, 0) is 20.8 Å². The number of anilines is 1. The molecule has 0 bridgehead atoms. The zero-order valence-corrected chi connectivity index (χ0v) is 17.7. The Bertz CT molecular complexity index is 1110. The average molecular weight is 436 g/mol. The second-order valence-corrected chi connectivity index (χ2v) is 7.60. The van der Waals surface area contributed by atoms with Gasteiger partial charge in [-0.25, -0.2) is 4.98 Å². The Balaban J connectivity index is 1.71. The molecule has 10 heteroatoms. The first kappa shape index (κ1) is 21.9. The van der Waals surface area contributed by atoms with E-state index < -0.39 is 11.8 Å². The van der Waals surface area contributed by atoms with Crippen LogP contribution in [0.5, 0.6) is 0 Å². The minimum Gasteiger partial charge on any atom is -0.301 e. The summed E-state index contributed by atoms with van der Waals surface area (Å²) in [6.45, 7) is 3.84. The third-order valence-corrected chi connectivity index (χ3v) is 5.42. The van der Waals surface area contributed by atoms with Crippen molar-refractivity contribution in [1.29, 1.82) is 0 Å². The number of imide groups is 1. The number of hydrogen-bond acceptors (Lipinski definition) is 8. The normalized spacial score (nSPS) is 11.8. The maximum absolute atomic E-state index is 12.6. The molecule has 1 unspecified atom stereocenters. The molecule has 0 saturated carbocycles. The molecule has 3 rings (SSSR count). The Morgan fingerprint density at radius 2 is 1.97 bits per heavy atom. The van der Waals surface area contributed by atoms with Gasteiger partial charge in [-0.05, 0) is 31.1 Å². The van der Waals surface area contributed by atoms with E-state index in [-0.39, 0.29) is 5.91 Å². The van der Waals surface area contributed by atoms with E-state index in [0.717, 1.165) is 16.9 Å². The predicted octanol–water partition coefficient (Wildman–Crippen LogP) is 2.59. The van der Waals surface area contributed by atoms with Crippen LogP contribution in [0.1, 0.15) is 35.9 Å². The summed E-state index contributed by atoms with van der Waals surface area (Å²) >= 11 is 1.46. The second-order valence-electron chi connectivity index (χ2n) is 6.49. The number of pyridine rings is 1. The molecule has 0 fully saturated rings. The molecule has 158 valence electrons. The molecule has 0 aliphatic heterocycles. The second kappa shape index (κ2) is 10.3. The van der Waals surface area contributed by atoms with Crippen LogP contribution < -0.4 is 10.6 Å². The summed E-state index contributed by atoms with van der Waals surface area (Å²) in [7, 11) is 0. The van der Waals surface area contributed by atoms with Gasteiger partial charge >= 0.3 is 0 Å². The van der Waals surface area contributed by atoms with Crippen LogP contribution in [-0.4, -0.2) is 38.2 Å². The van der Waals surface area contributed by atoms with Gasteiger partial charge in [-0.15, -0.1) is 11.3 Å². The van der Waals surface area contributed by atoms with Crippen LogP contribution >= 0.6 is 11.3 Å². The molecule has 0 aliphatic rings. The fourth-order valence-corrected chi connectivity index (χ4v) is 3.32. The molecule has 0 saturated heterocycles. The minimum absolute atomic E-state index is 0.170. The summed E-state index contributed by atoms with van der Waals surface area (Å²) in [4.78, 5) is 52.2. The topological polar surface area (TPSA) is 127 Å². The van der Waals surface area contributed by atoms with Crippen LogP contribution in [0.4, 0.5) is 5.13 Å². The van der Waals surface area contributed by atoms with Gasteiger partial charge in [0, 0.05) is 35.1 Å². The molecule has 31 heavy (non-hydrogen) atoms. The van der Waals surface area contributed by atoms with E-state index in [1.807, 2.05) is 18.3 Å². The SMILES string of the molecule is CCc1cnc(NC(=O)C(C)c2cncc(-c3cnc(C=CC(=O)NC=O)cn3)c2)s1. The highest BCUT2D eigenvalue weighted by atomic mass is 32.1. The number of aromatic nitrogens is 4. The summed E-state index contributed by atoms with van der Waals surface area (Å²) in [6, 6.07) is 1.84. The van der Waals surface area contributed by atoms with E-state index in [4.69, 9.17) is 0 Å². The molecule has 0 aromatic carbocycles. The van der Waals surface area contributed by atoms with E-state index in [1.165, 1.54) is 29.7 Å². The highest BCUT2D eigenvalue weighted by Crippen LogP contribution is 2.24. The van der Waals surface area contributed by atoms with E-state index >= 15 is 0 Å². The van der Waals surface area contributed by atoms with Gasteiger partial charge in [0.05, 0.1) is 29.7 Å². The number of nitrogens with one attached hydrogen (secondary N) is 2. The van der Waals surface area contributed by atoms with E-state index in [1.54, 1.807) is 31.7 Å². The molecule has 1 atom stereocenters. The lowest BCUT2D eigenvalue weighted by molar-refractivity contribution is -0.121. The fraction of sp³-hybridized carbons (Fsp3) is 0.190. The Morgan fingerprint density at radius 1 is 1.13 bits per heavy atom. The first-order chi connectivity index (χ1) is 15.0. The van der Waals surface area contributed by atoms with E-state index in [0.29, 0.717) is 28.5 Å². The van der Waals surface area contributed by atoms with Gasteiger partial charge in [0.15, 0.2) is 5.13 Å². The number of thiazole rings is 1. The zero-order chi connectivity index (χ0) is 22.2. The van der Waals surface area contributed by atoms with Crippen molar-refractivity contribution in [2.45, 2.75) is 26.2 Å². The summed E-state index contributed by atoms with van der Waals surface area (Å²) in [5.74, 6) is -1.15. The third-order valence-electron chi connectivity index (χ3n) is 4.36. The molecular formula is C21H20N6O3S. The molecule has 0 aliphatic carbocycles. The predicted molar refractivity (Wildman–Crippen MR) is 117 cm³/mol. The summed E-state index contributed by atoms with van der Waals surface area (Å²) in [6.07, 6.45) is 11.9. The van der Waals surface area contributed by atoms with Gasteiger partial charge in [-0.2, -0.15) is 0 Å². The van der Waals surface area contributed by atoms with Crippen LogP contribution in [0.2, 0.25) is 0 Å². The molecule has 3 aromatic heterocycles. The number of rotatable bonds is 8. The van der Waals surface area contributed by atoms with Gasteiger partial charge in [0.25, 0.3) is 0 Å². The van der Waals surface area contributed by atoms with E-state index in [9.17, 15) is 14.4 Å². The summed E-state index contributed by atoms with van der Waals surface area (Å²) < 4.78 is 0. The minimum atomic E-state index is -0.547. The molecule has 3 heterocycles. The summed E-state index contributed by atoms with van der Waals surface area (Å²) in [5.41, 5.74) is 2.47. The van der Waals surface area contributed by atoms with Crippen molar-refractivity contribution < 1.29 is 14.4 Å². The number of nitrogens with zero attached hydrogens (tertiary/aromatic N) is 4. The Labute approximate surface area is 182 Å². The number of carbonyl (C=O) groups excluding carboxylic acids is 3. The lowest BCUT2D eigenvalue weighted by Gasteiger charge is -2.12. The highest BCUT2D eigenvalue weighted by molar-refractivity contribution is 7.15. The maximum Gasteiger partial charge on any atom is 0.250 e. The largest absolute Gasteiger partial charge is 0.301 e. The quantitative estimate of drug-likeness (QED) is 0.410. The Kier molecular flexibility index (Phi) is 7.28. The smallest absolute Gasteiger partial charge is 0.250 e. The first-order valence-corrected chi connectivity index (χ1v) is 10.3. The Hall–Kier alpha value is -3.79. The Morgan fingerprint density at radius 3 is 2.65 bits per heavy atom. The number of amides is 3. The molecule has 0 radical (unpaired) electrons. The van der Waals surface area contributed by atoms with Gasteiger partial charge in [-0.3, -0.25) is 34.7 Å². The molecule has 0 spiro atoms. The van der Waals surface area contributed by atoms with Crippen molar-refractivity contribution in [3.8, 4) is 11.3 Å². The third kappa shape index (κ3) is 5.86. The van der Waals surface area contributed by atoms with Gasteiger partial charge in [0.2, 0.25) is 18.2 Å². The molecular weight excluding hydrogens is 416 g/mol. The van der Waals surface area contributed by atoms with E-state index in [2.05, 4.69) is 25.3 Å². The van der Waals surface area contributed by atoms with Crippen LogP contribution in [0.3, 0.4) is 0 Å².